The highest BCUT2D eigenvalue weighted by atomic mass is 32.2. The van der Waals surface area contributed by atoms with Gasteiger partial charge in [0.05, 0.1) is 27.3 Å². The maximum atomic E-state index is 13.0. The van der Waals surface area contributed by atoms with Crippen molar-refractivity contribution in [3.05, 3.63) is 59.7 Å². The van der Waals surface area contributed by atoms with Crippen molar-refractivity contribution in [1.82, 2.24) is 8.61 Å². The molecule has 0 fully saturated rings. The van der Waals surface area contributed by atoms with Gasteiger partial charge in [-0.2, -0.15) is 17.0 Å². The Morgan fingerprint density at radius 3 is 1.76 bits per heavy atom. The van der Waals surface area contributed by atoms with Gasteiger partial charge in [-0.3, -0.25) is 0 Å². The molecule has 2 rings (SSSR count). The molecule has 156 valence electrons. The minimum atomic E-state index is -4.48. The van der Waals surface area contributed by atoms with Crippen LogP contribution in [0.5, 0.6) is 11.5 Å². The predicted octanol–water partition coefficient (Wildman–Crippen LogP) is 2.13. The number of carbonyl (C=O) groups excluding carboxylic acids is 1. The summed E-state index contributed by atoms with van der Waals surface area (Å²) >= 11 is 0. The first-order chi connectivity index (χ1) is 13.8. The van der Waals surface area contributed by atoms with Crippen molar-refractivity contribution in [1.29, 1.82) is 0 Å². The topological polar surface area (TPSA) is 113 Å². The smallest absolute Gasteiger partial charge is 0.422 e. The van der Waals surface area contributed by atoms with E-state index in [9.17, 15) is 23.1 Å². The lowest BCUT2D eigenvalue weighted by molar-refractivity contribution is -0.108. The largest absolute Gasteiger partial charge is 0.497 e. The molecule has 1 amide bonds. The van der Waals surface area contributed by atoms with Crippen molar-refractivity contribution in [3.63, 3.8) is 0 Å². The third-order valence-corrected chi connectivity index (χ3v) is 5.87. The Hall–Kier alpha value is -3.11. The van der Waals surface area contributed by atoms with E-state index in [0.29, 0.717) is 33.2 Å². The van der Waals surface area contributed by atoms with Gasteiger partial charge in [0.2, 0.25) is 0 Å². The highest BCUT2D eigenvalue weighted by Gasteiger charge is 2.33. The average Bonchev–Trinajstić information content (AvgIpc) is 2.72. The summed E-state index contributed by atoms with van der Waals surface area (Å²) in [5.74, 6) is 1.14. The number of nitrogens with zero attached hydrogens (tertiary/aromatic N) is 2. The van der Waals surface area contributed by atoms with E-state index in [1.807, 2.05) is 0 Å². The van der Waals surface area contributed by atoms with Gasteiger partial charge in [0, 0.05) is 6.54 Å². The molecule has 10 heteroatoms. The molecule has 0 saturated carbocycles. The SMILES string of the molecule is COc1ccc(CN(CC=O)S(=O)(=O)N(Cc2ccc(OC)cc2)C(=O)O)cc1. The molecular formula is C19H22N2O7S. The number of hydrogen-bond donors (Lipinski definition) is 1. The van der Waals surface area contributed by atoms with Crippen molar-refractivity contribution < 1.29 is 32.6 Å². The number of carbonyl (C=O) groups is 2. The minimum Gasteiger partial charge on any atom is -0.497 e. The van der Waals surface area contributed by atoms with Crippen LogP contribution >= 0.6 is 0 Å². The second kappa shape index (κ2) is 9.89. The van der Waals surface area contributed by atoms with Gasteiger partial charge in [0.1, 0.15) is 17.8 Å². The van der Waals surface area contributed by atoms with Crippen LogP contribution in [0.15, 0.2) is 48.5 Å². The van der Waals surface area contributed by atoms with E-state index in [1.54, 1.807) is 48.5 Å². The van der Waals surface area contributed by atoms with Crippen molar-refractivity contribution >= 4 is 22.6 Å². The van der Waals surface area contributed by atoms with Crippen LogP contribution in [0.25, 0.3) is 0 Å². The van der Waals surface area contributed by atoms with Gasteiger partial charge in [-0.15, -0.1) is 0 Å². The molecule has 0 unspecified atom stereocenters. The molecule has 1 N–H and O–H groups in total. The van der Waals surface area contributed by atoms with Crippen molar-refractivity contribution in [2.24, 2.45) is 0 Å². The normalized spacial score (nSPS) is 11.1. The third-order valence-electron chi connectivity index (χ3n) is 4.10. The zero-order valence-corrected chi connectivity index (χ0v) is 16.8. The van der Waals surface area contributed by atoms with Crippen LogP contribution in [0, 0.1) is 0 Å². The Labute approximate surface area is 169 Å². The zero-order valence-electron chi connectivity index (χ0n) is 16.0. The van der Waals surface area contributed by atoms with E-state index in [-0.39, 0.29) is 6.54 Å². The molecule has 0 atom stereocenters. The summed E-state index contributed by atoms with van der Waals surface area (Å²) < 4.78 is 37.2. The van der Waals surface area contributed by atoms with E-state index in [2.05, 4.69) is 0 Å². The van der Waals surface area contributed by atoms with Gasteiger partial charge in [0.15, 0.2) is 0 Å². The molecule has 0 heterocycles. The van der Waals surface area contributed by atoms with Crippen LogP contribution in [-0.2, 0) is 28.1 Å². The molecule has 0 spiro atoms. The average molecular weight is 422 g/mol. The van der Waals surface area contributed by atoms with Gasteiger partial charge < -0.3 is 19.4 Å². The Kier molecular flexibility index (Phi) is 7.57. The lowest BCUT2D eigenvalue weighted by atomic mass is 10.2. The van der Waals surface area contributed by atoms with E-state index in [0.717, 1.165) is 4.31 Å². The zero-order chi connectivity index (χ0) is 21.4. The summed E-state index contributed by atoms with van der Waals surface area (Å²) in [4.78, 5) is 22.8. The van der Waals surface area contributed by atoms with Crippen LogP contribution in [0.2, 0.25) is 0 Å². The molecule has 2 aromatic rings. The van der Waals surface area contributed by atoms with E-state index < -0.39 is 29.4 Å². The molecule has 0 aliphatic heterocycles. The fraction of sp³-hybridized carbons (Fsp3) is 0.263. The second-order valence-corrected chi connectivity index (χ2v) is 7.81. The fourth-order valence-corrected chi connectivity index (χ4v) is 3.89. The maximum Gasteiger partial charge on any atom is 0.422 e. The highest BCUT2D eigenvalue weighted by molar-refractivity contribution is 7.87. The summed E-state index contributed by atoms with van der Waals surface area (Å²) in [5, 5.41) is 9.51. The molecule has 29 heavy (non-hydrogen) atoms. The monoisotopic (exact) mass is 422 g/mol. The molecule has 0 aliphatic rings. The number of methoxy groups -OCH3 is 2. The van der Waals surface area contributed by atoms with Gasteiger partial charge in [-0.25, -0.2) is 4.79 Å². The summed E-state index contributed by atoms with van der Waals surface area (Å²) in [6.45, 7) is -1.06. The highest BCUT2D eigenvalue weighted by Crippen LogP contribution is 2.20. The van der Waals surface area contributed by atoms with E-state index in [1.165, 1.54) is 14.2 Å². The molecule has 0 radical (unpaired) electrons. The van der Waals surface area contributed by atoms with Crippen LogP contribution in [0.1, 0.15) is 11.1 Å². The van der Waals surface area contributed by atoms with Gasteiger partial charge in [-0.05, 0) is 35.4 Å². The van der Waals surface area contributed by atoms with Crippen LogP contribution in [-0.4, -0.2) is 55.3 Å². The minimum absolute atomic E-state index is 0.169. The lowest BCUT2D eigenvalue weighted by Gasteiger charge is -2.27. The Morgan fingerprint density at radius 1 is 0.931 bits per heavy atom. The Balaban J connectivity index is 2.29. The number of ether oxygens (including phenoxy) is 2. The van der Waals surface area contributed by atoms with Crippen molar-refractivity contribution in [3.8, 4) is 11.5 Å². The first-order valence-corrected chi connectivity index (χ1v) is 9.91. The molecular weight excluding hydrogens is 400 g/mol. The Bertz CT molecular complexity index is 928. The summed E-state index contributed by atoms with van der Waals surface area (Å²) in [5.41, 5.74) is 1.03. The van der Waals surface area contributed by atoms with Crippen molar-refractivity contribution in [2.75, 3.05) is 20.8 Å². The first kappa shape index (κ1) is 22.2. The standard InChI is InChI=1S/C19H22N2O7S/c1-27-17-7-3-15(4-8-17)13-20(11-12-22)29(25,26)21(19(23)24)14-16-5-9-18(28-2)10-6-16/h3-10,12H,11,13-14H2,1-2H3,(H,23,24). The molecule has 0 aliphatic carbocycles. The van der Waals surface area contributed by atoms with E-state index >= 15 is 0 Å². The molecule has 9 nitrogen and oxygen atoms in total. The van der Waals surface area contributed by atoms with Gasteiger partial charge in [0.25, 0.3) is 0 Å². The molecule has 2 aromatic carbocycles. The number of benzene rings is 2. The van der Waals surface area contributed by atoms with Crippen molar-refractivity contribution in [2.45, 2.75) is 13.1 Å². The molecule has 0 bridgehead atoms. The van der Waals surface area contributed by atoms with E-state index in [4.69, 9.17) is 9.47 Å². The summed E-state index contributed by atoms with van der Waals surface area (Å²) in [7, 11) is -1.49. The fourth-order valence-electron chi connectivity index (χ4n) is 2.54. The van der Waals surface area contributed by atoms with Crippen LogP contribution in [0.4, 0.5) is 4.79 Å². The summed E-state index contributed by atoms with van der Waals surface area (Å²) in [6.07, 6.45) is -1.24. The number of aldehydes is 1. The van der Waals surface area contributed by atoms with Crippen LogP contribution < -0.4 is 9.47 Å². The quantitative estimate of drug-likeness (QED) is 0.584. The molecule has 0 aromatic heterocycles. The second-order valence-electron chi connectivity index (χ2n) is 5.95. The summed E-state index contributed by atoms with van der Waals surface area (Å²) in [6, 6.07) is 12.9. The van der Waals surface area contributed by atoms with Gasteiger partial charge in [-0.1, -0.05) is 24.3 Å². The first-order valence-electron chi connectivity index (χ1n) is 8.52. The lowest BCUT2D eigenvalue weighted by Crippen LogP contribution is -2.46. The Morgan fingerprint density at radius 2 is 1.38 bits per heavy atom. The predicted molar refractivity (Wildman–Crippen MR) is 105 cm³/mol. The number of amides is 1. The van der Waals surface area contributed by atoms with Crippen LogP contribution in [0.3, 0.4) is 0 Å². The molecule has 0 saturated heterocycles. The van der Waals surface area contributed by atoms with Gasteiger partial charge >= 0.3 is 16.3 Å². The third kappa shape index (κ3) is 5.69. The number of carboxylic acid groups (broad SMARTS) is 1. The number of hydrogen-bond acceptors (Lipinski definition) is 6. The number of rotatable bonds is 10. The maximum absolute atomic E-state index is 13.0.